The molecule has 0 aromatic heterocycles. The van der Waals surface area contributed by atoms with Crippen LogP contribution in [0.25, 0.3) is 0 Å². The molecule has 16 nitrogen and oxygen atoms in total. The van der Waals surface area contributed by atoms with Crippen molar-refractivity contribution in [1.29, 1.82) is 0 Å². The predicted molar refractivity (Wildman–Crippen MR) is 153 cm³/mol. The van der Waals surface area contributed by atoms with Gasteiger partial charge < -0.3 is 27.0 Å². The third-order valence-electron chi connectivity index (χ3n) is 6.48. The number of Topliss-reactive ketones (excluding diaryl/α,β-unsaturated/α-hetero) is 1. The van der Waals surface area contributed by atoms with Crippen molar-refractivity contribution in [2.24, 2.45) is 11.7 Å². The van der Waals surface area contributed by atoms with E-state index in [1.165, 1.54) is 12.2 Å². The zero-order valence-electron chi connectivity index (χ0n) is 24.6. The molecular formula is C26H42N6O10S. The minimum absolute atomic E-state index is 0.112. The van der Waals surface area contributed by atoms with E-state index in [1.54, 1.807) is 20.8 Å². The highest BCUT2D eigenvalue weighted by Gasteiger charge is 2.33. The number of nitrogens with one attached hydrogen (secondary N) is 4. The maximum Gasteiger partial charge on any atom is 0.312 e. The van der Waals surface area contributed by atoms with Gasteiger partial charge in [-0.05, 0) is 31.6 Å². The van der Waals surface area contributed by atoms with Crippen molar-refractivity contribution in [2.45, 2.75) is 83.8 Å². The number of carbonyl (C=O) groups is 7. The Kier molecular flexibility index (Phi) is 15.5. The molecule has 0 spiro atoms. The van der Waals surface area contributed by atoms with Crippen molar-refractivity contribution in [3.05, 3.63) is 12.2 Å². The highest BCUT2D eigenvalue weighted by molar-refractivity contribution is 7.85. The molecule has 0 fully saturated rings. The van der Waals surface area contributed by atoms with E-state index >= 15 is 0 Å². The standard InChI is InChI=1S/C26H42N6O10S/c1-4-19(33)17(9-8-13-28-26(27)39)30-25(38)23(16(2)3)31-24(37)18(15-43(40,41)42)29-20(34)10-6-5-7-14-32-21(35)11-12-22(32)36/h11-12,16-18,23H,4-10,13-15H2,1-3H3,(H,29,34)(H,30,38)(H,31,37)(H3,27,28,39)(H,40,41,42)/t17-,18-,23-/m1/s1. The summed E-state index contributed by atoms with van der Waals surface area (Å²) in [5.41, 5.74) is 5.02. The van der Waals surface area contributed by atoms with Crippen molar-refractivity contribution in [3.63, 3.8) is 0 Å². The number of urea groups is 1. The highest BCUT2D eigenvalue weighted by Crippen LogP contribution is 2.09. The quantitative estimate of drug-likeness (QED) is 0.0538. The van der Waals surface area contributed by atoms with E-state index in [0.29, 0.717) is 25.7 Å². The SMILES string of the molecule is CCC(=O)[C@@H](CCCNC(N)=O)NC(=O)[C@H](NC(=O)[C@@H](CS(=O)(=O)O)NC(=O)CCCCCN1C(=O)C=CC1=O)C(C)C. The molecule has 7 N–H and O–H groups in total. The van der Waals surface area contributed by atoms with Crippen LogP contribution in [0.4, 0.5) is 4.79 Å². The molecule has 0 bridgehead atoms. The summed E-state index contributed by atoms with van der Waals surface area (Å²) in [6.07, 6.45) is 4.01. The van der Waals surface area contributed by atoms with Gasteiger partial charge in [0, 0.05) is 38.1 Å². The lowest BCUT2D eigenvalue weighted by Crippen LogP contribution is -2.58. The van der Waals surface area contributed by atoms with E-state index in [9.17, 15) is 46.5 Å². The van der Waals surface area contributed by atoms with Gasteiger partial charge in [-0.2, -0.15) is 8.42 Å². The number of hydrogen-bond donors (Lipinski definition) is 6. The average molecular weight is 631 g/mol. The molecule has 1 heterocycles. The van der Waals surface area contributed by atoms with Crippen LogP contribution in [-0.2, 0) is 38.9 Å². The number of nitrogens with zero attached hydrogens (tertiary/aromatic N) is 1. The third kappa shape index (κ3) is 14.2. The molecule has 0 saturated heterocycles. The van der Waals surface area contributed by atoms with Crippen LogP contribution in [0, 0.1) is 5.92 Å². The van der Waals surface area contributed by atoms with Gasteiger partial charge in [-0.15, -0.1) is 0 Å². The Morgan fingerprint density at radius 3 is 2.07 bits per heavy atom. The fraction of sp³-hybridized carbons (Fsp3) is 0.654. The molecule has 3 atom stereocenters. The first-order valence-electron chi connectivity index (χ1n) is 14.0. The predicted octanol–water partition coefficient (Wildman–Crippen LogP) is -1.10. The number of ketones is 1. The summed E-state index contributed by atoms with van der Waals surface area (Å²) < 4.78 is 32.5. The maximum atomic E-state index is 13.1. The van der Waals surface area contributed by atoms with Crippen LogP contribution in [0.1, 0.15) is 65.7 Å². The molecule has 0 aromatic carbocycles. The van der Waals surface area contributed by atoms with Gasteiger partial charge in [-0.25, -0.2) is 4.79 Å². The fourth-order valence-electron chi connectivity index (χ4n) is 4.17. The number of unbranched alkanes of at least 4 members (excludes halogenated alkanes) is 2. The molecule has 242 valence electrons. The van der Waals surface area contributed by atoms with Crippen molar-refractivity contribution in [3.8, 4) is 0 Å². The fourth-order valence-corrected chi connectivity index (χ4v) is 4.83. The van der Waals surface area contributed by atoms with E-state index in [0.717, 1.165) is 4.90 Å². The number of primary amides is 1. The zero-order valence-corrected chi connectivity index (χ0v) is 25.4. The lowest BCUT2D eigenvalue weighted by Gasteiger charge is -2.27. The summed E-state index contributed by atoms with van der Waals surface area (Å²) in [5.74, 6) is -5.24. The first-order valence-corrected chi connectivity index (χ1v) is 15.6. The van der Waals surface area contributed by atoms with Crippen molar-refractivity contribution < 1.29 is 46.5 Å². The number of rotatable bonds is 20. The summed E-state index contributed by atoms with van der Waals surface area (Å²) in [6.45, 7) is 5.17. The van der Waals surface area contributed by atoms with E-state index in [-0.39, 0.29) is 38.1 Å². The van der Waals surface area contributed by atoms with E-state index in [4.69, 9.17) is 5.73 Å². The normalized spacial score (nSPS) is 15.1. The Morgan fingerprint density at radius 1 is 0.907 bits per heavy atom. The van der Waals surface area contributed by atoms with Crippen molar-refractivity contribution >= 4 is 51.5 Å². The molecular weight excluding hydrogens is 588 g/mol. The Bertz CT molecular complexity index is 1170. The number of imide groups is 1. The van der Waals surface area contributed by atoms with Gasteiger partial charge >= 0.3 is 6.03 Å². The Labute approximate surface area is 250 Å². The Balaban J connectivity index is 2.79. The molecule has 0 unspecified atom stereocenters. The largest absolute Gasteiger partial charge is 0.352 e. The molecule has 0 saturated carbocycles. The van der Waals surface area contributed by atoms with Crippen LogP contribution in [0.2, 0.25) is 0 Å². The van der Waals surface area contributed by atoms with Crippen molar-refractivity contribution in [1.82, 2.24) is 26.2 Å². The lowest BCUT2D eigenvalue weighted by atomic mass is 10.00. The van der Waals surface area contributed by atoms with Crippen LogP contribution >= 0.6 is 0 Å². The lowest BCUT2D eigenvalue weighted by molar-refractivity contribution is -0.137. The summed E-state index contributed by atoms with van der Waals surface area (Å²) >= 11 is 0. The molecule has 0 aliphatic carbocycles. The van der Waals surface area contributed by atoms with E-state index < -0.39 is 75.5 Å². The van der Waals surface area contributed by atoms with Gasteiger partial charge in [0.05, 0.1) is 6.04 Å². The van der Waals surface area contributed by atoms with Crippen LogP contribution in [-0.4, -0.2) is 96.2 Å². The smallest absolute Gasteiger partial charge is 0.312 e. The van der Waals surface area contributed by atoms with Gasteiger partial charge in [0.1, 0.15) is 17.8 Å². The Morgan fingerprint density at radius 2 is 1.53 bits per heavy atom. The van der Waals surface area contributed by atoms with Crippen LogP contribution in [0.5, 0.6) is 0 Å². The van der Waals surface area contributed by atoms with Gasteiger partial charge in [0.25, 0.3) is 21.9 Å². The first kappa shape index (κ1) is 37.2. The summed E-state index contributed by atoms with van der Waals surface area (Å²) in [4.78, 5) is 86.1. The second-order valence-electron chi connectivity index (χ2n) is 10.4. The molecule has 43 heavy (non-hydrogen) atoms. The Hall–Kier alpha value is -3.86. The monoisotopic (exact) mass is 630 g/mol. The molecule has 1 aliphatic rings. The summed E-state index contributed by atoms with van der Waals surface area (Å²) in [5, 5.41) is 9.64. The summed E-state index contributed by atoms with van der Waals surface area (Å²) in [6, 6.07) is -4.61. The second-order valence-corrected chi connectivity index (χ2v) is 11.9. The van der Waals surface area contributed by atoms with Gasteiger partial charge in [0.15, 0.2) is 5.78 Å². The molecule has 7 amide bonds. The first-order chi connectivity index (χ1) is 20.0. The number of carbonyl (C=O) groups excluding carboxylic acids is 7. The van der Waals surface area contributed by atoms with Crippen molar-refractivity contribution in [2.75, 3.05) is 18.8 Å². The average Bonchev–Trinajstić information content (AvgIpc) is 3.23. The minimum Gasteiger partial charge on any atom is -0.352 e. The number of amides is 7. The molecule has 1 aliphatic heterocycles. The number of nitrogens with two attached hydrogens (primary N) is 1. The van der Waals surface area contributed by atoms with Crippen LogP contribution < -0.4 is 27.0 Å². The van der Waals surface area contributed by atoms with Crippen LogP contribution in [0.15, 0.2) is 12.2 Å². The molecule has 17 heteroatoms. The van der Waals surface area contributed by atoms with Crippen LogP contribution in [0.3, 0.4) is 0 Å². The third-order valence-corrected chi connectivity index (χ3v) is 7.24. The van der Waals surface area contributed by atoms with Gasteiger partial charge in [-0.1, -0.05) is 27.2 Å². The maximum absolute atomic E-state index is 13.1. The van der Waals surface area contributed by atoms with E-state index in [1.807, 2.05) is 0 Å². The highest BCUT2D eigenvalue weighted by atomic mass is 32.2. The molecule has 0 radical (unpaired) electrons. The van der Waals surface area contributed by atoms with E-state index in [2.05, 4.69) is 21.3 Å². The molecule has 1 rings (SSSR count). The second kappa shape index (κ2) is 17.9. The number of hydrogen-bond acceptors (Lipinski definition) is 9. The topological polar surface area (TPSA) is 251 Å². The minimum atomic E-state index is -4.73. The molecule has 0 aromatic rings. The van der Waals surface area contributed by atoms with Gasteiger partial charge in [-0.3, -0.25) is 38.2 Å². The summed E-state index contributed by atoms with van der Waals surface area (Å²) in [7, 11) is -4.73. The van der Waals surface area contributed by atoms with Gasteiger partial charge in [0.2, 0.25) is 17.7 Å². The zero-order chi connectivity index (χ0) is 32.7.